The van der Waals surface area contributed by atoms with E-state index in [0.29, 0.717) is 0 Å². The van der Waals surface area contributed by atoms with Crippen molar-refractivity contribution in [3.63, 3.8) is 0 Å². The number of ketones is 1. The Morgan fingerprint density at radius 1 is 0.840 bits per heavy atom. The van der Waals surface area contributed by atoms with Gasteiger partial charge in [-0.2, -0.15) is 0 Å². The second-order valence-electron chi connectivity index (χ2n) is 5.78. The van der Waals surface area contributed by atoms with Crippen LogP contribution in [0.2, 0.25) is 0 Å². The predicted octanol–water partition coefficient (Wildman–Crippen LogP) is 3.96. The first-order valence-electron chi connectivity index (χ1n) is 8.09. The quantitative estimate of drug-likeness (QED) is 0.390. The summed E-state index contributed by atoms with van der Waals surface area (Å²) in [5.41, 5.74) is 2.75. The van der Waals surface area contributed by atoms with Gasteiger partial charge in [-0.3, -0.25) is 0 Å². The number of rotatable bonds is 4. The van der Waals surface area contributed by atoms with Gasteiger partial charge in [0.2, 0.25) is 0 Å². The Labute approximate surface area is 152 Å². The SMILES string of the molecule is CC(=O)c1ccccc1[Se]c1c(-c2ccccc2)oc2ccccc12. The van der Waals surface area contributed by atoms with Crippen molar-refractivity contribution < 1.29 is 9.21 Å². The van der Waals surface area contributed by atoms with Crippen LogP contribution in [0.25, 0.3) is 22.3 Å². The molecule has 122 valence electrons. The molecule has 4 rings (SSSR count). The molecule has 0 amide bonds. The van der Waals surface area contributed by atoms with Crippen LogP contribution in [-0.2, 0) is 0 Å². The van der Waals surface area contributed by atoms with Crippen LogP contribution in [0.5, 0.6) is 0 Å². The van der Waals surface area contributed by atoms with Gasteiger partial charge in [-0.15, -0.1) is 0 Å². The van der Waals surface area contributed by atoms with Gasteiger partial charge in [0.1, 0.15) is 0 Å². The Bertz CT molecular complexity index is 1050. The van der Waals surface area contributed by atoms with Crippen molar-refractivity contribution >= 4 is 40.6 Å². The fourth-order valence-corrected chi connectivity index (χ4v) is 5.42. The number of carbonyl (C=O) groups is 1. The van der Waals surface area contributed by atoms with Crippen LogP contribution in [0.4, 0.5) is 0 Å². The second-order valence-corrected chi connectivity index (χ2v) is 7.98. The van der Waals surface area contributed by atoms with Crippen LogP contribution in [0.15, 0.2) is 83.3 Å². The molecule has 0 aliphatic rings. The van der Waals surface area contributed by atoms with E-state index in [2.05, 4.69) is 18.2 Å². The van der Waals surface area contributed by atoms with Crippen LogP contribution < -0.4 is 8.92 Å². The third-order valence-corrected chi connectivity index (χ3v) is 6.55. The average Bonchev–Trinajstić information content (AvgIpc) is 3.01. The summed E-state index contributed by atoms with van der Waals surface area (Å²) in [5.74, 6) is 1.01. The normalized spacial score (nSPS) is 10.9. The van der Waals surface area contributed by atoms with Crippen LogP contribution in [0.1, 0.15) is 17.3 Å². The van der Waals surface area contributed by atoms with Crippen LogP contribution in [-0.4, -0.2) is 20.7 Å². The van der Waals surface area contributed by atoms with E-state index in [4.69, 9.17) is 4.42 Å². The number of fused-ring (bicyclic) bond motifs is 1. The molecule has 25 heavy (non-hydrogen) atoms. The number of hydrogen-bond acceptors (Lipinski definition) is 2. The summed E-state index contributed by atoms with van der Waals surface area (Å²) in [5, 5.41) is 1.12. The molecular formula is C22H16O2Se. The zero-order valence-corrected chi connectivity index (χ0v) is 15.4. The van der Waals surface area contributed by atoms with Gasteiger partial charge in [-0.1, -0.05) is 0 Å². The number of hydrogen-bond donors (Lipinski definition) is 0. The molecule has 0 aliphatic carbocycles. The van der Waals surface area contributed by atoms with Crippen molar-refractivity contribution in [2.45, 2.75) is 6.92 Å². The van der Waals surface area contributed by atoms with Gasteiger partial charge in [0.15, 0.2) is 0 Å². The first-order valence-corrected chi connectivity index (χ1v) is 9.80. The third kappa shape index (κ3) is 3.04. The van der Waals surface area contributed by atoms with Gasteiger partial charge < -0.3 is 0 Å². The molecule has 3 aromatic carbocycles. The van der Waals surface area contributed by atoms with Crippen molar-refractivity contribution in [2.75, 3.05) is 0 Å². The topological polar surface area (TPSA) is 30.2 Å². The number of Topliss-reactive ketones (excluding diaryl/α,β-unsaturated/α-hetero) is 1. The van der Waals surface area contributed by atoms with Crippen molar-refractivity contribution in [3.05, 3.63) is 84.4 Å². The monoisotopic (exact) mass is 392 g/mol. The maximum atomic E-state index is 12.0. The summed E-state index contributed by atoms with van der Waals surface area (Å²) in [6, 6.07) is 26.1. The molecule has 2 nitrogen and oxygen atoms in total. The first-order chi connectivity index (χ1) is 12.2. The van der Waals surface area contributed by atoms with Gasteiger partial charge in [-0.25, -0.2) is 0 Å². The summed E-state index contributed by atoms with van der Waals surface area (Å²) < 4.78 is 8.46. The third-order valence-electron chi connectivity index (χ3n) is 4.06. The van der Waals surface area contributed by atoms with Crippen LogP contribution >= 0.6 is 0 Å². The van der Waals surface area contributed by atoms with Gasteiger partial charge in [-0.05, 0) is 0 Å². The van der Waals surface area contributed by atoms with Crippen molar-refractivity contribution in [1.29, 1.82) is 0 Å². The minimum absolute atomic E-state index is 0.0277. The van der Waals surface area contributed by atoms with Crippen LogP contribution in [0, 0.1) is 0 Å². The van der Waals surface area contributed by atoms with E-state index in [0.717, 1.165) is 32.3 Å². The summed E-state index contributed by atoms with van der Waals surface area (Å²) in [6.45, 7) is 1.63. The Kier molecular flexibility index (Phi) is 4.27. The summed E-state index contributed by atoms with van der Waals surface area (Å²) in [4.78, 5) is 12.0. The van der Waals surface area contributed by atoms with Crippen molar-refractivity contribution in [2.24, 2.45) is 0 Å². The van der Waals surface area contributed by atoms with Crippen LogP contribution in [0.3, 0.4) is 0 Å². The average molecular weight is 391 g/mol. The molecule has 0 aliphatic heterocycles. The number of carbonyl (C=O) groups excluding carboxylic acids is 1. The maximum absolute atomic E-state index is 12.0. The molecule has 0 bridgehead atoms. The molecule has 1 heterocycles. The standard InChI is InChI=1S/C22H16O2Se/c1-15(23)17-11-6-8-14-20(17)25-22-18-12-5-7-13-19(18)24-21(22)16-9-3-2-4-10-16/h2-14H,1H3. The number of furan rings is 1. The van der Waals surface area contributed by atoms with E-state index in [-0.39, 0.29) is 20.7 Å². The van der Waals surface area contributed by atoms with E-state index in [1.807, 2.05) is 60.7 Å². The summed E-state index contributed by atoms with van der Waals surface area (Å²) in [7, 11) is 0. The van der Waals surface area contributed by atoms with E-state index in [1.165, 1.54) is 4.46 Å². The molecule has 0 unspecified atom stereocenters. The summed E-state index contributed by atoms with van der Waals surface area (Å²) >= 11 is -0.0277. The molecule has 0 N–H and O–H groups in total. The molecule has 0 atom stereocenters. The molecule has 4 aromatic rings. The summed E-state index contributed by atoms with van der Waals surface area (Å²) in [6.07, 6.45) is 0. The fraction of sp³-hybridized carbons (Fsp3) is 0.0455. The van der Waals surface area contributed by atoms with Gasteiger partial charge in [0.25, 0.3) is 0 Å². The van der Waals surface area contributed by atoms with Crippen molar-refractivity contribution in [3.8, 4) is 11.3 Å². The molecular weight excluding hydrogens is 375 g/mol. The fourth-order valence-electron chi connectivity index (χ4n) is 2.86. The van der Waals surface area contributed by atoms with E-state index in [1.54, 1.807) is 6.92 Å². The Hall–Kier alpha value is -2.61. The molecule has 0 spiro atoms. The number of para-hydroxylation sites is 1. The van der Waals surface area contributed by atoms with Gasteiger partial charge in [0.05, 0.1) is 0 Å². The molecule has 1 aromatic heterocycles. The first kappa shape index (κ1) is 15.9. The van der Waals surface area contributed by atoms with Gasteiger partial charge in [0, 0.05) is 0 Å². The minimum atomic E-state index is -0.0277. The molecule has 0 radical (unpaired) electrons. The Morgan fingerprint density at radius 3 is 2.32 bits per heavy atom. The van der Waals surface area contributed by atoms with Gasteiger partial charge >= 0.3 is 153 Å². The second kappa shape index (κ2) is 6.72. The van der Waals surface area contributed by atoms with E-state index < -0.39 is 0 Å². The molecule has 0 fully saturated rings. The molecule has 0 saturated heterocycles. The van der Waals surface area contributed by atoms with Crippen molar-refractivity contribution in [1.82, 2.24) is 0 Å². The predicted molar refractivity (Wildman–Crippen MR) is 103 cm³/mol. The number of benzene rings is 3. The van der Waals surface area contributed by atoms with E-state index in [9.17, 15) is 4.79 Å². The molecule has 3 heteroatoms. The zero-order valence-electron chi connectivity index (χ0n) is 13.7. The Balaban J connectivity index is 1.91. The van der Waals surface area contributed by atoms with E-state index >= 15 is 0 Å². The molecule has 0 saturated carbocycles. The Morgan fingerprint density at radius 2 is 1.52 bits per heavy atom. The zero-order chi connectivity index (χ0) is 17.2.